The molecule has 0 saturated heterocycles. The first-order chi connectivity index (χ1) is 16.4. The van der Waals surface area contributed by atoms with Crippen molar-refractivity contribution in [3.8, 4) is 0 Å². The summed E-state index contributed by atoms with van der Waals surface area (Å²) in [6.45, 7) is 0. The van der Waals surface area contributed by atoms with Crippen molar-refractivity contribution in [2.24, 2.45) is 5.92 Å². The molecule has 0 spiro atoms. The van der Waals surface area contributed by atoms with Crippen molar-refractivity contribution in [2.75, 3.05) is 0 Å². The number of allylic oxidation sites excluding steroid dienone is 1. The van der Waals surface area contributed by atoms with Gasteiger partial charge in [-0.05, 0) is 76.9 Å². The molecule has 0 unspecified atom stereocenters. The van der Waals surface area contributed by atoms with Gasteiger partial charge in [-0.3, -0.25) is 5.10 Å². The Bertz CT molecular complexity index is 1470. The Morgan fingerprint density at radius 3 is 2.47 bits per heavy atom. The third-order valence-corrected chi connectivity index (χ3v) is 6.23. The van der Waals surface area contributed by atoms with Gasteiger partial charge >= 0.3 is 5.97 Å². The van der Waals surface area contributed by atoms with E-state index in [-0.39, 0.29) is 10.9 Å². The molecule has 3 aromatic carbocycles. The summed E-state index contributed by atoms with van der Waals surface area (Å²) in [5.74, 6) is -1.73. The van der Waals surface area contributed by atoms with E-state index >= 15 is 4.39 Å². The van der Waals surface area contributed by atoms with E-state index < -0.39 is 17.6 Å². The van der Waals surface area contributed by atoms with Gasteiger partial charge in [-0.15, -0.1) is 0 Å². The van der Waals surface area contributed by atoms with Crippen LogP contribution >= 0.6 is 11.6 Å². The van der Waals surface area contributed by atoms with Crippen LogP contribution in [0.2, 0.25) is 5.02 Å². The third-order valence-electron chi connectivity index (χ3n) is 5.92. The number of fused-ring (bicyclic) bond motifs is 1. The van der Waals surface area contributed by atoms with Gasteiger partial charge in [0.05, 0.1) is 22.1 Å². The summed E-state index contributed by atoms with van der Waals surface area (Å²) in [5, 5.41) is 16.3. The van der Waals surface area contributed by atoms with Crippen molar-refractivity contribution >= 4 is 45.7 Å². The molecule has 0 radical (unpaired) electrons. The number of halogens is 3. The van der Waals surface area contributed by atoms with Crippen LogP contribution in [-0.4, -0.2) is 21.3 Å². The first kappa shape index (κ1) is 22.0. The van der Waals surface area contributed by atoms with Gasteiger partial charge in [0.25, 0.3) is 0 Å². The fourth-order valence-electron chi connectivity index (χ4n) is 4.20. The molecular weight excluding hydrogens is 458 g/mol. The van der Waals surface area contributed by atoms with Crippen LogP contribution in [0.5, 0.6) is 0 Å². The fourth-order valence-corrected chi connectivity index (χ4v) is 4.47. The second-order valence-electron chi connectivity index (χ2n) is 8.24. The number of aromatic amines is 1. The number of hydrogen-bond acceptors (Lipinski definition) is 2. The zero-order chi connectivity index (χ0) is 23.8. The van der Waals surface area contributed by atoms with Crippen molar-refractivity contribution < 1.29 is 18.7 Å². The van der Waals surface area contributed by atoms with E-state index in [1.165, 1.54) is 24.4 Å². The fraction of sp³-hybridized carbons (Fsp3) is 0.111. The molecule has 1 heterocycles. The van der Waals surface area contributed by atoms with Gasteiger partial charge in [-0.25, -0.2) is 13.6 Å². The maximum absolute atomic E-state index is 15.8. The van der Waals surface area contributed by atoms with Gasteiger partial charge in [-0.2, -0.15) is 5.10 Å². The van der Waals surface area contributed by atoms with Crippen molar-refractivity contribution in [1.29, 1.82) is 0 Å². The number of hydrogen-bond donors (Lipinski definition) is 2. The van der Waals surface area contributed by atoms with Gasteiger partial charge in [0.1, 0.15) is 11.6 Å². The zero-order valence-corrected chi connectivity index (χ0v) is 18.6. The minimum Gasteiger partial charge on any atom is -0.478 e. The Morgan fingerprint density at radius 2 is 1.79 bits per heavy atom. The molecule has 34 heavy (non-hydrogen) atoms. The van der Waals surface area contributed by atoms with E-state index in [0.717, 1.165) is 30.1 Å². The van der Waals surface area contributed by atoms with Gasteiger partial charge < -0.3 is 5.11 Å². The Kier molecular flexibility index (Phi) is 5.75. The maximum atomic E-state index is 15.8. The van der Waals surface area contributed by atoms with Crippen LogP contribution in [0.1, 0.15) is 35.1 Å². The molecular formula is C27H19ClF2N2O2. The lowest BCUT2D eigenvalue weighted by molar-refractivity contribution is -0.131. The van der Waals surface area contributed by atoms with E-state index in [1.54, 1.807) is 30.3 Å². The Labute approximate surface area is 199 Å². The highest BCUT2D eigenvalue weighted by molar-refractivity contribution is 6.33. The number of rotatable bonds is 6. The van der Waals surface area contributed by atoms with Gasteiger partial charge in [0, 0.05) is 11.6 Å². The van der Waals surface area contributed by atoms with Crippen molar-refractivity contribution in [1.82, 2.24) is 10.2 Å². The molecule has 1 aromatic heterocycles. The number of aliphatic carboxylic acids is 1. The number of carbonyl (C=O) groups is 1. The third kappa shape index (κ3) is 4.24. The summed E-state index contributed by atoms with van der Waals surface area (Å²) in [4.78, 5) is 10.9. The molecule has 2 N–H and O–H groups in total. The number of aromatic nitrogens is 2. The molecule has 4 aromatic rings. The van der Waals surface area contributed by atoms with E-state index in [1.807, 2.05) is 12.1 Å². The smallest absolute Gasteiger partial charge is 0.328 e. The number of carboxylic acid groups (broad SMARTS) is 1. The number of H-pyrrole nitrogens is 1. The van der Waals surface area contributed by atoms with E-state index in [4.69, 9.17) is 16.7 Å². The summed E-state index contributed by atoms with van der Waals surface area (Å²) < 4.78 is 29.6. The Balaban J connectivity index is 1.77. The van der Waals surface area contributed by atoms with Crippen LogP contribution in [-0.2, 0) is 4.79 Å². The maximum Gasteiger partial charge on any atom is 0.328 e. The molecule has 0 atom stereocenters. The average molecular weight is 477 g/mol. The van der Waals surface area contributed by atoms with Crippen LogP contribution in [0, 0.1) is 17.6 Å². The zero-order valence-electron chi connectivity index (χ0n) is 17.9. The minimum absolute atomic E-state index is 0.156. The predicted molar refractivity (Wildman–Crippen MR) is 129 cm³/mol. The van der Waals surface area contributed by atoms with Crippen LogP contribution in [0.4, 0.5) is 8.78 Å². The molecule has 0 amide bonds. The SMILES string of the molecule is O=C(O)C=Cc1ccc(C(=C(c2ccc(F)cc2Cl)C2CC2)c2ccc3[nH]ncc3c2F)cc1. The largest absolute Gasteiger partial charge is 0.478 e. The number of benzene rings is 3. The van der Waals surface area contributed by atoms with E-state index in [9.17, 15) is 9.18 Å². The first-order valence-corrected chi connectivity index (χ1v) is 11.1. The molecule has 7 heteroatoms. The molecule has 1 fully saturated rings. The number of nitrogens with zero attached hydrogens (tertiary/aromatic N) is 1. The molecule has 4 nitrogen and oxygen atoms in total. The van der Waals surface area contributed by atoms with Gasteiger partial charge in [-0.1, -0.05) is 41.9 Å². The molecule has 1 aliphatic carbocycles. The molecule has 0 aliphatic heterocycles. The van der Waals surface area contributed by atoms with E-state index in [0.29, 0.717) is 33.2 Å². The summed E-state index contributed by atoms with van der Waals surface area (Å²) in [6.07, 6.45) is 5.84. The molecule has 1 saturated carbocycles. The second kappa shape index (κ2) is 8.88. The molecule has 5 rings (SSSR count). The van der Waals surface area contributed by atoms with Crippen molar-refractivity contribution in [3.05, 3.63) is 106 Å². The number of nitrogens with one attached hydrogen (secondary N) is 1. The summed E-state index contributed by atoms with van der Waals surface area (Å²) in [5.41, 5.74) is 4.63. The standard InChI is InChI=1S/C27H19ClF2N2O2/c28-22-13-18(29)8-9-19(22)25(17-6-7-17)26(16-4-1-15(2-5-16)3-12-24(33)34)20-10-11-23-21(27(20)30)14-31-32-23/h1-5,8-14,17H,6-7H2,(H,31,32)(H,33,34). The monoisotopic (exact) mass is 476 g/mol. The first-order valence-electron chi connectivity index (χ1n) is 10.8. The highest BCUT2D eigenvalue weighted by Crippen LogP contribution is 2.49. The molecule has 170 valence electrons. The topological polar surface area (TPSA) is 66.0 Å². The lowest BCUT2D eigenvalue weighted by Crippen LogP contribution is -2.01. The normalized spacial score (nSPS) is 14.6. The highest BCUT2D eigenvalue weighted by Gasteiger charge is 2.32. The average Bonchev–Trinajstić information content (AvgIpc) is 3.53. The predicted octanol–water partition coefficient (Wildman–Crippen LogP) is 6.96. The highest BCUT2D eigenvalue weighted by atomic mass is 35.5. The van der Waals surface area contributed by atoms with Crippen LogP contribution in [0.3, 0.4) is 0 Å². The van der Waals surface area contributed by atoms with Gasteiger partial charge in [0.2, 0.25) is 0 Å². The second-order valence-corrected chi connectivity index (χ2v) is 8.65. The Morgan fingerprint density at radius 1 is 1.06 bits per heavy atom. The van der Waals surface area contributed by atoms with Crippen LogP contribution in [0.15, 0.2) is 66.9 Å². The van der Waals surface area contributed by atoms with Crippen LogP contribution in [0.25, 0.3) is 28.1 Å². The molecule has 1 aliphatic rings. The summed E-state index contributed by atoms with van der Waals surface area (Å²) >= 11 is 6.48. The number of carboxylic acids is 1. The lowest BCUT2D eigenvalue weighted by atomic mass is 9.86. The van der Waals surface area contributed by atoms with Gasteiger partial charge in [0.15, 0.2) is 0 Å². The van der Waals surface area contributed by atoms with Crippen molar-refractivity contribution in [2.45, 2.75) is 12.8 Å². The molecule has 0 bridgehead atoms. The summed E-state index contributed by atoms with van der Waals surface area (Å²) in [6, 6.07) is 15.0. The van der Waals surface area contributed by atoms with Crippen LogP contribution < -0.4 is 0 Å². The Hall–Kier alpha value is -3.77. The van der Waals surface area contributed by atoms with E-state index in [2.05, 4.69) is 10.2 Å². The quantitative estimate of drug-likeness (QED) is 0.233. The summed E-state index contributed by atoms with van der Waals surface area (Å²) in [7, 11) is 0. The minimum atomic E-state index is -1.04. The van der Waals surface area contributed by atoms with Crippen molar-refractivity contribution in [3.63, 3.8) is 0 Å². The lowest BCUT2D eigenvalue weighted by Gasteiger charge is -2.19.